The smallest absolute Gasteiger partial charge is 0.232 e. The van der Waals surface area contributed by atoms with Crippen molar-refractivity contribution in [3.63, 3.8) is 0 Å². The molecule has 0 saturated heterocycles. The molecule has 0 fully saturated rings. The van der Waals surface area contributed by atoms with Crippen LogP contribution in [-0.4, -0.2) is 22.2 Å². The summed E-state index contributed by atoms with van der Waals surface area (Å²) in [5, 5.41) is 9.09. The van der Waals surface area contributed by atoms with Gasteiger partial charge in [-0.25, -0.2) is 9.97 Å². The molecule has 0 bridgehead atoms. The summed E-state index contributed by atoms with van der Waals surface area (Å²) in [5.41, 5.74) is 2.21. The fourth-order valence-electron chi connectivity index (χ4n) is 1.30. The van der Waals surface area contributed by atoms with E-state index in [-0.39, 0.29) is 6.61 Å². The molecule has 4 heteroatoms. The van der Waals surface area contributed by atoms with E-state index in [1.165, 1.54) is 7.11 Å². The summed E-state index contributed by atoms with van der Waals surface area (Å²) in [7, 11) is 1.54. The first kappa shape index (κ1) is 8.90. The summed E-state index contributed by atoms with van der Waals surface area (Å²) < 4.78 is 4.97. The Morgan fingerprint density at radius 3 is 3.00 bits per heavy atom. The van der Waals surface area contributed by atoms with Crippen LogP contribution in [0.25, 0.3) is 11.0 Å². The molecule has 1 heterocycles. The van der Waals surface area contributed by atoms with Crippen molar-refractivity contribution in [1.29, 1.82) is 0 Å². The maximum Gasteiger partial charge on any atom is 0.232 e. The summed E-state index contributed by atoms with van der Waals surface area (Å²) >= 11 is 0. The van der Waals surface area contributed by atoms with Crippen LogP contribution in [0.2, 0.25) is 0 Å². The Morgan fingerprint density at radius 2 is 2.29 bits per heavy atom. The number of ether oxygens (including phenoxy) is 1. The zero-order chi connectivity index (χ0) is 9.97. The van der Waals surface area contributed by atoms with Gasteiger partial charge >= 0.3 is 0 Å². The van der Waals surface area contributed by atoms with Gasteiger partial charge in [-0.15, -0.1) is 0 Å². The van der Waals surface area contributed by atoms with Gasteiger partial charge in [-0.3, -0.25) is 0 Å². The lowest BCUT2D eigenvalue weighted by atomic mass is 10.2. The Bertz CT molecular complexity index is 457. The van der Waals surface area contributed by atoms with Crippen LogP contribution in [0, 0.1) is 0 Å². The van der Waals surface area contributed by atoms with Crippen molar-refractivity contribution in [1.82, 2.24) is 9.97 Å². The summed E-state index contributed by atoms with van der Waals surface area (Å²) in [6.45, 7) is -0.0425. The van der Waals surface area contributed by atoms with E-state index in [9.17, 15) is 0 Å². The van der Waals surface area contributed by atoms with E-state index in [4.69, 9.17) is 9.84 Å². The Labute approximate surface area is 81.2 Å². The van der Waals surface area contributed by atoms with Crippen molar-refractivity contribution in [2.75, 3.05) is 7.11 Å². The van der Waals surface area contributed by atoms with Crippen LogP contribution in [-0.2, 0) is 6.61 Å². The number of nitrogens with zero attached hydrogens (tertiary/aromatic N) is 2. The molecule has 2 aromatic rings. The number of aromatic nitrogens is 2. The lowest BCUT2D eigenvalue weighted by Crippen LogP contribution is -1.94. The van der Waals surface area contributed by atoms with Gasteiger partial charge in [0.15, 0.2) is 0 Å². The first-order valence-corrected chi connectivity index (χ1v) is 4.24. The minimum atomic E-state index is -0.0425. The van der Waals surface area contributed by atoms with Crippen molar-refractivity contribution in [2.24, 2.45) is 0 Å². The molecule has 4 nitrogen and oxygen atoms in total. The van der Waals surface area contributed by atoms with Gasteiger partial charge in [-0.1, -0.05) is 12.1 Å². The zero-order valence-electron chi connectivity index (χ0n) is 7.77. The van der Waals surface area contributed by atoms with E-state index in [1.54, 1.807) is 6.20 Å². The second-order valence-corrected chi connectivity index (χ2v) is 2.86. The van der Waals surface area contributed by atoms with Gasteiger partial charge in [-0.2, -0.15) is 0 Å². The maximum atomic E-state index is 9.09. The molecule has 0 aliphatic rings. The third kappa shape index (κ3) is 1.40. The van der Waals surface area contributed by atoms with Gasteiger partial charge in [0.2, 0.25) is 5.88 Å². The van der Waals surface area contributed by atoms with E-state index in [0.29, 0.717) is 11.4 Å². The summed E-state index contributed by atoms with van der Waals surface area (Å²) in [5.74, 6) is 0.457. The third-order valence-corrected chi connectivity index (χ3v) is 2.01. The van der Waals surface area contributed by atoms with Crippen LogP contribution >= 0.6 is 0 Å². The summed E-state index contributed by atoms with van der Waals surface area (Å²) in [6, 6.07) is 5.51. The lowest BCUT2D eigenvalue weighted by molar-refractivity contribution is 0.283. The highest BCUT2D eigenvalue weighted by atomic mass is 16.5. The summed E-state index contributed by atoms with van der Waals surface area (Å²) in [6.07, 6.45) is 1.56. The fraction of sp³-hybridized carbons (Fsp3) is 0.200. The van der Waals surface area contributed by atoms with Gasteiger partial charge in [0.1, 0.15) is 0 Å². The molecule has 1 aromatic heterocycles. The van der Waals surface area contributed by atoms with Crippen molar-refractivity contribution in [3.8, 4) is 5.88 Å². The van der Waals surface area contributed by atoms with Gasteiger partial charge in [-0.05, 0) is 6.07 Å². The first-order chi connectivity index (χ1) is 6.85. The van der Waals surface area contributed by atoms with E-state index < -0.39 is 0 Å². The standard InChI is InChI=1S/C10H10N2O2/c1-14-9-5-11-8-4-2-3-7(6-13)10(8)12-9/h2-5,13H,6H2,1H3. The fourth-order valence-corrected chi connectivity index (χ4v) is 1.30. The molecule has 0 saturated carbocycles. The Hall–Kier alpha value is -1.68. The van der Waals surface area contributed by atoms with Crippen LogP contribution < -0.4 is 4.74 Å². The molecule has 1 N–H and O–H groups in total. The average Bonchev–Trinajstić information content (AvgIpc) is 2.27. The van der Waals surface area contributed by atoms with E-state index in [0.717, 1.165) is 11.1 Å². The molecule has 72 valence electrons. The molecule has 2 rings (SSSR count). The predicted octanol–water partition coefficient (Wildman–Crippen LogP) is 1.13. The second kappa shape index (κ2) is 3.59. The normalized spacial score (nSPS) is 10.4. The Balaban J connectivity index is 2.70. The maximum absolute atomic E-state index is 9.09. The molecule has 0 amide bonds. The number of methoxy groups -OCH3 is 1. The third-order valence-electron chi connectivity index (χ3n) is 2.01. The molecule has 0 atom stereocenters. The van der Waals surface area contributed by atoms with E-state index in [2.05, 4.69) is 9.97 Å². The Kier molecular flexibility index (Phi) is 2.28. The zero-order valence-corrected chi connectivity index (χ0v) is 7.77. The van der Waals surface area contributed by atoms with Gasteiger partial charge in [0.05, 0.1) is 30.9 Å². The molecule has 14 heavy (non-hydrogen) atoms. The number of rotatable bonds is 2. The van der Waals surface area contributed by atoms with Crippen LogP contribution in [0.4, 0.5) is 0 Å². The highest BCUT2D eigenvalue weighted by Crippen LogP contribution is 2.17. The van der Waals surface area contributed by atoms with Crippen LogP contribution in [0.15, 0.2) is 24.4 Å². The minimum Gasteiger partial charge on any atom is -0.480 e. The quantitative estimate of drug-likeness (QED) is 0.771. The summed E-state index contributed by atoms with van der Waals surface area (Å²) in [4.78, 5) is 8.38. The highest BCUT2D eigenvalue weighted by Gasteiger charge is 2.03. The van der Waals surface area contributed by atoms with Crippen molar-refractivity contribution in [2.45, 2.75) is 6.61 Å². The van der Waals surface area contributed by atoms with Gasteiger partial charge in [0, 0.05) is 5.56 Å². The van der Waals surface area contributed by atoms with E-state index >= 15 is 0 Å². The van der Waals surface area contributed by atoms with Gasteiger partial charge < -0.3 is 9.84 Å². The number of para-hydroxylation sites is 1. The largest absolute Gasteiger partial charge is 0.480 e. The van der Waals surface area contributed by atoms with Crippen LogP contribution in [0.1, 0.15) is 5.56 Å². The van der Waals surface area contributed by atoms with E-state index in [1.807, 2.05) is 18.2 Å². The topological polar surface area (TPSA) is 55.2 Å². The monoisotopic (exact) mass is 190 g/mol. The average molecular weight is 190 g/mol. The number of hydrogen-bond acceptors (Lipinski definition) is 4. The Morgan fingerprint density at radius 1 is 1.43 bits per heavy atom. The number of aliphatic hydroxyl groups is 1. The van der Waals surface area contributed by atoms with Crippen LogP contribution in [0.5, 0.6) is 5.88 Å². The second-order valence-electron chi connectivity index (χ2n) is 2.86. The molecule has 0 unspecified atom stereocenters. The first-order valence-electron chi connectivity index (χ1n) is 4.24. The lowest BCUT2D eigenvalue weighted by Gasteiger charge is -2.03. The molecule has 0 spiro atoms. The molecular formula is C10H10N2O2. The highest BCUT2D eigenvalue weighted by molar-refractivity contribution is 5.77. The number of benzene rings is 1. The minimum absolute atomic E-state index is 0.0425. The number of fused-ring (bicyclic) bond motifs is 1. The van der Waals surface area contributed by atoms with Crippen LogP contribution in [0.3, 0.4) is 0 Å². The number of aliphatic hydroxyl groups excluding tert-OH is 1. The van der Waals surface area contributed by atoms with Crippen molar-refractivity contribution in [3.05, 3.63) is 30.0 Å². The molecular weight excluding hydrogens is 180 g/mol. The van der Waals surface area contributed by atoms with Gasteiger partial charge in [0.25, 0.3) is 0 Å². The molecule has 1 aromatic carbocycles. The molecule has 0 aliphatic heterocycles. The SMILES string of the molecule is COc1cnc2cccc(CO)c2n1. The van der Waals surface area contributed by atoms with Crippen molar-refractivity contribution < 1.29 is 9.84 Å². The molecule has 0 radical (unpaired) electrons. The predicted molar refractivity (Wildman–Crippen MR) is 52.0 cm³/mol. The van der Waals surface area contributed by atoms with Crippen molar-refractivity contribution >= 4 is 11.0 Å². The molecule has 0 aliphatic carbocycles. The number of hydrogen-bond donors (Lipinski definition) is 1.